The number of hydrogen-bond donors (Lipinski definition) is 1. The maximum absolute atomic E-state index is 12.8. The van der Waals surface area contributed by atoms with E-state index in [-0.39, 0.29) is 16.9 Å². The number of aliphatic hydroxyl groups is 1. The zero-order chi connectivity index (χ0) is 22.9. The highest BCUT2D eigenvalue weighted by Crippen LogP contribution is 2.35. The third-order valence-electron chi connectivity index (χ3n) is 4.93. The Bertz CT molecular complexity index is 1280. The van der Waals surface area contributed by atoms with Crippen molar-refractivity contribution in [2.45, 2.75) is 6.18 Å². The number of hydrogen-bond acceptors (Lipinski definition) is 4. The molecule has 158 valence electrons. The number of alkyl halides is 3. The topological polar surface area (TPSA) is 70.3 Å². The highest BCUT2D eigenvalue weighted by Gasteiger charge is 2.33. The molecule has 0 aliphatic carbocycles. The molecule has 7 heteroatoms. The molecule has 0 bridgehead atoms. The molecule has 1 aliphatic heterocycles. The summed E-state index contributed by atoms with van der Waals surface area (Å²) in [6, 6.07) is 20.3. The molecule has 0 saturated heterocycles. The Balaban J connectivity index is 1.59. The number of nitrogens with zero attached hydrogens (tertiary/aromatic N) is 1. The maximum Gasteiger partial charge on any atom is 0.416 e. The largest absolute Gasteiger partial charge is 0.504 e. The number of ether oxygens (including phenoxy) is 1. The van der Waals surface area contributed by atoms with Crippen LogP contribution in [0.25, 0.3) is 22.8 Å². The molecule has 4 nitrogen and oxygen atoms in total. The van der Waals surface area contributed by atoms with Crippen molar-refractivity contribution in [2.75, 3.05) is 0 Å². The van der Waals surface area contributed by atoms with Crippen molar-refractivity contribution >= 4 is 17.6 Å². The van der Waals surface area contributed by atoms with Crippen molar-refractivity contribution in [3.63, 3.8) is 0 Å². The van der Waals surface area contributed by atoms with Crippen LogP contribution in [0.15, 0.2) is 84.3 Å². The van der Waals surface area contributed by atoms with Gasteiger partial charge >= 0.3 is 12.1 Å². The van der Waals surface area contributed by atoms with Gasteiger partial charge in [0, 0.05) is 0 Å². The monoisotopic (exact) mass is 433 g/mol. The van der Waals surface area contributed by atoms with Gasteiger partial charge in [0.1, 0.15) is 5.57 Å². The van der Waals surface area contributed by atoms with Gasteiger partial charge in [0.2, 0.25) is 0 Å². The second-order valence-electron chi connectivity index (χ2n) is 7.01. The number of carbonyl (C=O) groups is 1. The fraction of sp³-hybridized carbons (Fsp3) is 0.0400. The quantitative estimate of drug-likeness (QED) is 0.506. The summed E-state index contributed by atoms with van der Waals surface area (Å²) >= 11 is 0. The molecule has 0 spiro atoms. The van der Waals surface area contributed by atoms with E-state index in [0.29, 0.717) is 11.1 Å². The van der Waals surface area contributed by atoms with E-state index in [1.807, 2.05) is 24.3 Å². The highest BCUT2D eigenvalue weighted by molar-refractivity contribution is 6.20. The number of aliphatic hydroxyl groups excluding tert-OH is 1. The average molecular weight is 433 g/mol. The predicted octanol–water partition coefficient (Wildman–Crippen LogP) is 6.11. The summed E-state index contributed by atoms with van der Waals surface area (Å²) < 4.78 is 43.4. The molecule has 0 atom stereocenters. The van der Waals surface area contributed by atoms with Gasteiger partial charge in [-0.05, 0) is 52.6 Å². The summed E-state index contributed by atoms with van der Waals surface area (Å²) in [5, 5.41) is 19.3. The minimum absolute atomic E-state index is 0.0870. The van der Waals surface area contributed by atoms with Crippen LogP contribution in [0.1, 0.15) is 22.3 Å². The molecular formula is C25H14F3NO3. The SMILES string of the molecule is N#Cc1ccc(-c2ccc(/C=C3/OC(=O)C(c4ccc(C(F)(F)F)cc4)=C3O)cc2)cc1. The molecule has 32 heavy (non-hydrogen) atoms. The second-order valence-corrected chi connectivity index (χ2v) is 7.01. The first kappa shape index (κ1) is 20.9. The minimum Gasteiger partial charge on any atom is -0.504 e. The molecule has 0 radical (unpaired) electrons. The van der Waals surface area contributed by atoms with Crippen LogP contribution in [0, 0.1) is 11.3 Å². The summed E-state index contributed by atoms with van der Waals surface area (Å²) in [6.45, 7) is 0. The molecule has 0 fully saturated rings. The van der Waals surface area contributed by atoms with Gasteiger partial charge in [-0.25, -0.2) is 4.79 Å². The van der Waals surface area contributed by atoms with Crippen LogP contribution >= 0.6 is 0 Å². The Morgan fingerprint density at radius 3 is 1.91 bits per heavy atom. The van der Waals surface area contributed by atoms with E-state index in [0.717, 1.165) is 35.4 Å². The van der Waals surface area contributed by atoms with E-state index < -0.39 is 23.5 Å². The fourth-order valence-corrected chi connectivity index (χ4v) is 3.26. The molecular weight excluding hydrogens is 419 g/mol. The number of cyclic esters (lactones) is 1. The van der Waals surface area contributed by atoms with Crippen molar-refractivity contribution in [1.29, 1.82) is 5.26 Å². The number of rotatable bonds is 3. The number of esters is 1. The number of halogens is 3. The standard InChI is InChI=1S/C25H14F3NO3/c26-25(27,28)20-11-9-19(10-12-20)22-23(30)21(32-24(22)31)13-15-1-5-17(6-2-15)18-7-3-16(14-29)4-8-18/h1-13,30H/b21-13+. The van der Waals surface area contributed by atoms with Crippen LogP contribution in [0.5, 0.6) is 0 Å². The predicted molar refractivity (Wildman–Crippen MR) is 112 cm³/mol. The number of benzene rings is 3. The third kappa shape index (κ3) is 4.12. The number of nitriles is 1. The molecule has 0 amide bonds. The van der Waals surface area contributed by atoms with Crippen LogP contribution in [0.2, 0.25) is 0 Å². The Labute approximate surface area is 181 Å². The summed E-state index contributed by atoms with van der Waals surface area (Å²) in [7, 11) is 0. The smallest absolute Gasteiger partial charge is 0.416 e. The molecule has 1 N–H and O–H groups in total. The fourth-order valence-electron chi connectivity index (χ4n) is 3.26. The zero-order valence-electron chi connectivity index (χ0n) is 16.4. The van der Waals surface area contributed by atoms with Crippen LogP contribution in [-0.4, -0.2) is 11.1 Å². The van der Waals surface area contributed by atoms with Gasteiger partial charge in [-0.1, -0.05) is 48.5 Å². The van der Waals surface area contributed by atoms with Crippen LogP contribution in [0.4, 0.5) is 13.2 Å². The highest BCUT2D eigenvalue weighted by atomic mass is 19.4. The van der Waals surface area contributed by atoms with E-state index in [1.165, 1.54) is 6.08 Å². The minimum atomic E-state index is -4.50. The van der Waals surface area contributed by atoms with Crippen LogP contribution in [-0.2, 0) is 15.7 Å². The summed E-state index contributed by atoms with van der Waals surface area (Å²) in [4.78, 5) is 12.2. The van der Waals surface area contributed by atoms with Gasteiger partial charge in [0.05, 0.1) is 17.2 Å². The average Bonchev–Trinajstić information content (AvgIpc) is 3.06. The van der Waals surface area contributed by atoms with Gasteiger partial charge in [-0.2, -0.15) is 18.4 Å². The lowest BCUT2D eigenvalue weighted by atomic mass is 10.0. The van der Waals surface area contributed by atoms with Crippen molar-refractivity contribution in [3.05, 3.63) is 107 Å². The Morgan fingerprint density at radius 2 is 1.38 bits per heavy atom. The summed E-state index contributed by atoms with van der Waals surface area (Å²) in [5.74, 6) is -1.37. The second kappa shape index (κ2) is 8.08. The van der Waals surface area contributed by atoms with Gasteiger partial charge in [0.15, 0.2) is 11.5 Å². The first-order chi connectivity index (χ1) is 15.3. The molecule has 3 aromatic carbocycles. The normalized spacial score (nSPS) is 15.1. The number of carbonyl (C=O) groups excluding carboxylic acids is 1. The van der Waals surface area contributed by atoms with E-state index in [1.54, 1.807) is 24.3 Å². The molecule has 0 aromatic heterocycles. The third-order valence-corrected chi connectivity index (χ3v) is 4.93. The Kier molecular flexibility index (Phi) is 5.29. The molecule has 0 saturated carbocycles. The summed E-state index contributed by atoms with van der Waals surface area (Å²) in [6.07, 6.45) is -3.03. The van der Waals surface area contributed by atoms with Crippen molar-refractivity contribution < 1.29 is 27.8 Å². The molecule has 3 aromatic rings. The Hall–Kier alpha value is -4.31. The van der Waals surface area contributed by atoms with Crippen molar-refractivity contribution in [1.82, 2.24) is 0 Å². The van der Waals surface area contributed by atoms with Gasteiger partial charge < -0.3 is 9.84 Å². The van der Waals surface area contributed by atoms with E-state index in [9.17, 15) is 23.1 Å². The van der Waals surface area contributed by atoms with Gasteiger partial charge in [-0.15, -0.1) is 0 Å². The van der Waals surface area contributed by atoms with Crippen LogP contribution < -0.4 is 0 Å². The molecule has 0 unspecified atom stereocenters. The Morgan fingerprint density at radius 1 is 0.844 bits per heavy atom. The van der Waals surface area contributed by atoms with Crippen LogP contribution in [0.3, 0.4) is 0 Å². The van der Waals surface area contributed by atoms with Crippen molar-refractivity contribution in [2.24, 2.45) is 0 Å². The van der Waals surface area contributed by atoms with E-state index in [2.05, 4.69) is 6.07 Å². The van der Waals surface area contributed by atoms with Crippen molar-refractivity contribution in [3.8, 4) is 17.2 Å². The summed E-state index contributed by atoms with van der Waals surface area (Å²) in [5.41, 5.74) is 2.10. The maximum atomic E-state index is 12.8. The van der Waals surface area contributed by atoms with Gasteiger partial charge in [0.25, 0.3) is 0 Å². The first-order valence-corrected chi connectivity index (χ1v) is 9.42. The van der Waals surface area contributed by atoms with Gasteiger partial charge in [-0.3, -0.25) is 0 Å². The lowest BCUT2D eigenvalue weighted by molar-refractivity contribution is -0.137. The van der Waals surface area contributed by atoms with E-state index >= 15 is 0 Å². The molecule has 4 rings (SSSR count). The van der Waals surface area contributed by atoms with E-state index in [4.69, 9.17) is 10.00 Å². The lowest BCUT2D eigenvalue weighted by Gasteiger charge is -2.07. The lowest BCUT2D eigenvalue weighted by Crippen LogP contribution is -2.05. The first-order valence-electron chi connectivity index (χ1n) is 9.42. The zero-order valence-corrected chi connectivity index (χ0v) is 16.4. The molecule has 1 aliphatic rings. The molecule has 1 heterocycles.